The second-order valence-corrected chi connectivity index (χ2v) is 6.22. The van der Waals surface area contributed by atoms with E-state index in [0.717, 1.165) is 22.2 Å². The Labute approximate surface area is 135 Å². The monoisotopic (exact) mass is 330 g/mol. The van der Waals surface area contributed by atoms with Gasteiger partial charge in [-0.2, -0.15) is 5.26 Å². The van der Waals surface area contributed by atoms with Gasteiger partial charge in [0.05, 0.1) is 11.7 Å². The van der Waals surface area contributed by atoms with Gasteiger partial charge in [-0.25, -0.2) is 9.37 Å². The van der Waals surface area contributed by atoms with Crippen molar-refractivity contribution in [3.63, 3.8) is 0 Å². The first-order valence-electron chi connectivity index (χ1n) is 6.55. The van der Waals surface area contributed by atoms with Crippen molar-refractivity contribution in [1.29, 1.82) is 5.26 Å². The number of hydrogen-bond acceptors (Lipinski definition) is 6. The highest BCUT2D eigenvalue weighted by molar-refractivity contribution is 7.17. The molecule has 110 valence electrons. The average molecular weight is 330 g/mol. The predicted octanol–water partition coefficient (Wildman–Crippen LogP) is 4.44. The Bertz CT molecular complexity index is 803. The molecule has 0 radical (unpaired) electrons. The minimum absolute atomic E-state index is 0.308. The Morgan fingerprint density at radius 2 is 2.09 bits per heavy atom. The Kier molecular flexibility index (Phi) is 4.13. The molecule has 2 aromatic heterocycles. The summed E-state index contributed by atoms with van der Waals surface area (Å²) in [5.74, 6) is -0.308. The first kappa shape index (κ1) is 14.6. The third kappa shape index (κ3) is 2.71. The van der Waals surface area contributed by atoms with E-state index in [0.29, 0.717) is 10.6 Å². The van der Waals surface area contributed by atoms with Crippen LogP contribution in [0.3, 0.4) is 0 Å². The van der Waals surface area contributed by atoms with Crippen molar-refractivity contribution in [3.05, 3.63) is 46.7 Å². The summed E-state index contributed by atoms with van der Waals surface area (Å²) < 4.78 is 13.1. The van der Waals surface area contributed by atoms with E-state index in [4.69, 9.17) is 0 Å². The molecule has 0 N–H and O–H groups in total. The summed E-state index contributed by atoms with van der Waals surface area (Å²) in [5, 5.41) is 11.1. The molecule has 7 heteroatoms. The summed E-state index contributed by atoms with van der Waals surface area (Å²) in [6.07, 6.45) is 1.78. The maximum absolute atomic E-state index is 13.1. The summed E-state index contributed by atoms with van der Waals surface area (Å²) in [5.41, 5.74) is 3.09. The molecule has 0 spiro atoms. The number of thiazole rings is 2. The molecule has 0 fully saturated rings. The summed E-state index contributed by atoms with van der Waals surface area (Å²) in [6.45, 7) is 2.74. The van der Waals surface area contributed by atoms with E-state index < -0.39 is 0 Å². The molecule has 3 aromatic rings. The SMILES string of the molecule is CCN(c1cncs1)c1nc(-c2ccc(F)cc2)c(C#N)s1. The molecule has 1 aromatic carbocycles. The van der Waals surface area contributed by atoms with Gasteiger partial charge in [0.15, 0.2) is 5.13 Å². The van der Waals surface area contributed by atoms with Crippen molar-refractivity contribution in [2.75, 3.05) is 11.4 Å². The molecule has 0 saturated carbocycles. The van der Waals surface area contributed by atoms with Crippen LogP contribution in [0.25, 0.3) is 11.3 Å². The fraction of sp³-hybridized carbons (Fsp3) is 0.133. The average Bonchev–Trinajstić information content (AvgIpc) is 3.19. The maximum atomic E-state index is 13.1. The van der Waals surface area contributed by atoms with E-state index in [-0.39, 0.29) is 5.82 Å². The Morgan fingerprint density at radius 3 is 2.68 bits per heavy atom. The number of benzene rings is 1. The number of hydrogen-bond donors (Lipinski definition) is 0. The largest absolute Gasteiger partial charge is 0.308 e. The van der Waals surface area contributed by atoms with E-state index in [9.17, 15) is 9.65 Å². The molecule has 0 atom stereocenters. The van der Waals surface area contributed by atoms with Crippen LogP contribution in [0.1, 0.15) is 11.8 Å². The van der Waals surface area contributed by atoms with Crippen molar-refractivity contribution in [2.45, 2.75) is 6.92 Å². The zero-order chi connectivity index (χ0) is 15.5. The lowest BCUT2D eigenvalue weighted by atomic mass is 10.1. The Morgan fingerprint density at radius 1 is 1.32 bits per heavy atom. The molecular formula is C15H11FN4S2. The molecule has 0 saturated heterocycles. The topological polar surface area (TPSA) is 52.8 Å². The fourth-order valence-electron chi connectivity index (χ4n) is 2.03. The first-order chi connectivity index (χ1) is 10.7. The van der Waals surface area contributed by atoms with Gasteiger partial charge in [0.25, 0.3) is 0 Å². The number of halogens is 1. The first-order valence-corrected chi connectivity index (χ1v) is 8.25. The molecule has 0 aliphatic rings. The van der Waals surface area contributed by atoms with Gasteiger partial charge in [0.1, 0.15) is 27.5 Å². The summed E-state index contributed by atoms with van der Waals surface area (Å²) in [7, 11) is 0. The zero-order valence-corrected chi connectivity index (χ0v) is 13.3. The normalized spacial score (nSPS) is 10.4. The smallest absolute Gasteiger partial charge is 0.192 e. The van der Waals surface area contributed by atoms with Gasteiger partial charge in [0.2, 0.25) is 0 Å². The Balaban J connectivity index is 2.05. The van der Waals surface area contributed by atoms with Crippen molar-refractivity contribution >= 4 is 32.8 Å². The van der Waals surface area contributed by atoms with Crippen LogP contribution in [0.5, 0.6) is 0 Å². The van der Waals surface area contributed by atoms with Gasteiger partial charge in [-0.05, 0) is 31.2 Å². The van der Waals surface area contributed by atoms with Gasteiger partial charge in [0, 0.05) is 12.1 Å². The van der Waals surface area contributed by atoms with E-state index in [1.165, 1.54) is 34.8 Å². The molecular weight excluding hydrogens is 319 g/mol. The van der Waals surface area contributed by atoms with Crippen molar-refractivity contribution in [2.24, 2.45) is 0 Å². The van der Waals surface area contributed by atoms with Crippen molar-refractivity contribution in [3.8, 4) is 17.3 Å². The van der Waals surface area contributed by atoms with E-state index in [2.05, 4.69) is 16.0 Å². The number of aromatic nitrogens is 2. The minimum atomic E-state index is -0.308. The van der Waals surface area contributed by atoms with Gasteiger partial charge < -0.3 is 4.90 Å². The summed E-state index contributed by atoms with van der Waals surface area (Å²) >= 11 is 2.85. The van der Waals surface area contributed by atoms with E-state index in [1.807, 2.05) is 11.8 Å². The van der Waals surface area contributed by atoms with Crippen LogP contribution < -0.4 is 4.90 Å². The molecule has 4 nitrogen and oxygen atoms in total. The second kappa shape index (κ2) is 6.22. The number of nitrogens with zero attached hydrogens (tertiary/aromatic N) is 4. The molecule has 0 unspecified atom stereocenters. The molecule has 2 heterocycles. The maximum Gasteiger partial charge on any atom is 0.192 e. The number of anilines is 2. The van der Waals surface area contributed by atoms with Crippen molar-refractivity contribution < 1.29 is 4.39 Å². The van der Waals surface area contributed by atoms with Gasteiger partial charge >= 0.3 is 0 Å². The quantitative estimate of drug-likeness (QED) is 0.710. The van der Waals surface area contributed by atoms with Crippen LogP contribution in [-0.4, -0.2) is 16.5 Å². The standard InChI is InChI=1S/C15H11FN4S2/c1-2-20(13-8-18-9-21-13)15-19-14(12(7-17)22-15)10-3-5-11(16)6-4-10/h3-6,8-9H,2H2,1H3. The summed E-state index contributed by atoms with van der Waals surface area (Å²) in [6, 6.07) is 8.19. The van der Waals surface area contributed by atoms with Crippen LogP contribution in [0, 0.1) is 17.1 Å². The van der Waals surface area contributed by atoms with E-state index >= 15 is 0 Å². The molecule has 0 aliphatic carbocycles. The molecule has 0 amide bonds. The lowest BCUT2D eigenvalue weighted by Crippen LogP contribution is -2.14. The highest BCUT2D eigenvalue weighted by atomic mass is 32.1. The third-order valence-corrected chi connectivity index (χ3v) is 4.84. The molecule has 0 bridgehead atoms. The van der Waals surface area contributed by atoms with Crippen LogP contribution in [0.2, 0.25) is 0 Å². The molecule has 22 heavy (non-hydrogen) atoms. The van der Waals surface area contributed by atoms with Crippen molar-refractivity contribution in [1.82, 2.24) is 9.97 Å². The van der Waals surface area contributed by atoms with Crippen LogP contribution >= 0.6 is 22.7 Å². The number of rotatable bonds is 4. The lowest BCUT2D eigenvalue weighted by molar-refractivity contribution is 0.628. The Hall–Kier alpha value is -2.30. The molecule has 0 aliphatic heterocycles. The van der Waals surface area contributed by atoms with Crippen LogP contribution in [0.15, 0.2) is 36.0 Å². The highest BCUT2D eigenvalue weighted by Crippen LogP contribution is 2.36. The van der Waals surface area contributed by atoms with Gasteiger partial charge in [-0.15, -0.1) is 11.3 Å². The predicted molar refractivity (Wildman–Crippen MR) is 87.0 cm³/mol. The molecule has 3 rings (SSSR count). The second-order valence-electron chi connectivity index (χ2n) is 4.38. The van der Waals surface area contributed by atoms with Gasteiger partial charge in [-0.3, -0.25) is 4.98 Å². The third-order valence-electron chi connectivity index (χ3n) is 3.07. The van der Waals surface area contributed by atoms with Crippen LogP contribution in [0.4, 0.5) is 14.5 Å². The zero-order valence-electron chi connectivity index (χ0n) is 11.7. The van der Waals surface area contributed by atoms with E-state index in [1.54, 1.807) is 23.8 Å². The fourth-order valence-corrected chi connectivity index (χ4v) is 3.75. The highest BCUT2D eigenvalue weighted by Gasteiger charge is 2.18. The summed E-state index contributed by atoms with van der Waals surface area (Å²) in [4.78, 5) is 11.2. The lowest BCUT2D eigenvalue weighted by Gasteiger charge is -2.16. The minimum Gasteiger partial charge on any atom is -0.308 e. The van der Waals surface area contributed by atoms with Crippen LogP contribution in [-0.2, 0) is 0 Å². The van der Waals surface area contributed by atoms with Gasteiger partial charge in [-0.1, -0.05) is 11.3 Å². The number of nitriles is 1.